The molecule has 8 rings (SSSR count). The molecule has 4 heterocycles. The highest BCUT2D eigenvalue weighted by molar-refractivity contribution is 6.01. The fourth-order valence-corrected chi connectivity index (χ4v) is 8.34. The Morgan fingerprint density at radius 2 is 0.898 bits per heavy atom. The van der Waals surface area contributed by atoms with Gasteiger partial charge in [0.15, 0.2) is 0 Å². The molecule has 4 aromatic rings. The standard InChI is InChI=1S/2C22H21FN2O4.CH4/c2*1-24-19(26)12-17(16-9-5-6-10-18(16)23)20(24)21(27)25-15(13-29-22(25)28)11-14-7-3-2-4-8-14;/h2*2-10,15,17,20H,11-13H2,1H3;1H4/t15-,17+,20+;15-,17-,20-;/m00./s1. The van der Waals surface area contributed by atoms with Crippen LogP contribution in [-0.2, 0) is 41.5 Å². The van der Waals surface area contributed by atoms with Crippen molar-refractivity contribution in [3.05, 3.63) is 143 Å². The van der Waals surface area contributed by atoms with Crippen molar-refractivity contribution in [3.8, 4) is 0 Å². The summed E-state index contributed by atoms with van der Waals surface area (Å²) in [5, 5.41) is 0. The van der Waals surface area contributed by atoms with Crippen LogP contribution in [0.1, 0.15) is 54.4 Å². The third-order valence-electron chi connectivity index (χ3n) is 11.3. The molecule has 0 aliphatic carbocycles. The molecule has 4 aliphatic rings. The highest BCUT2D eigenvalue weighted by Crippen LogP contribution is 2.38. The first-order valence-electron chi connectivity index (χ1n) is 19.0. The number of carbonyl (C=O) groups excluding carboxylic acids is 6. The van der Waals surface area contributed by atoms with Gasteiger partial charge < -0.3 is 19.3 Å². The molecule has 0 spiro atoms. The van der Waals surface area contributed by atoms with Crippen LogP contribution in [0.2, 0.25) is 0 Å². The molecule has 4 aromatic carbocycles. The minimum Gasteiger partial charge on any atom is -0.447 e. The van der Waals surface area contributed by atoms with Crippen molar-refractivity contribution in [2.24, 2.45) is 0 Å². The molecule has 4 saturated heterocycles. The van der Waals surface area contributed by atoms with Crippen LogP contribution in [0.4, 0.5) is 18.4 Å². The van der Waals surface area contributed by atoms with Gasteiger partial charge in [-0.15, -0.1) is 0 Å². The second-order valence-corrected chi connectivity index (χ2v) is 14.8. The van der Waals surface area contributed by atoms with Gasteiger partial charge in [-0.05, 0) is 47.2 Å². The lowest BCUT2D eigenvalue weighted by Crippen LogP contribution is -2.51. The van der Waals surface area contributed by atoms with E-state index < -0.39 is 71.6 Å². The van der Waals surface area contributed by atoms with E-state index in [1.54, 1.807) is 36.4 Å². The Morgan fingerprint density at radius 3 is 1.25 bits per heavy atom. The third kappa shape index (κ3) is 8.57. The maximum atomic E-state index is 14.4. The van der Waals surface area contributed by atoms with Gasteiger partial charge in [-0.3, -0.25) is 19.2 Å². The van der Waals surface area contributed by atoms with Crippen LogP contribution in [-0.4, -0.2) is 107 Å². The molecule has 0 saturated carbocycles. The lowest BCUT2D eigenvalue weighted by molar-refractivity contribution is -0.139. The van der Waals surface area contributed by atoms with Crippen LogP contribution < -0.4 is 0 Å². The number of likely N-dealkylation sites (tertiary alicyclic amines) is 2. The van der Waals surface area contributed by atoms with E-state index in [2.05, 4.69) is 0 Å². The predicted molar refractivity (Wildman–Crippen MR) is 212 cm³/mol. The SMILES string of the molecule is C.CN1C(=O)C[C@@H](c2ccccc2F)[C@H]1C(=O)N1C(=O)OC[C@@H]1Cc1ccccc1.CN1C(=O)C[C@H](c2ccccc2F)[C@@H]1C(=O)N1C(=O)OC[C@@H]1Cc1ccccc1. The number of likely N-dealkylation sites (N-methyl/N-ethyl adjacent to an activating group) is 2. The zero-order valence-electron chi connectivity index (χ0n) is 31.9. The van der Waals surface area contributed by atoms with E-state index in [9.17, 15) is 37.5 Å². The Kier molecular flexibility index (Phi) is 12.9. The quantitative estimate of drug-likeness (QED) is 0.209. The number of ether oxygens (including phenoxy) is 2. The molecule has 59 heavy (non-hydrogen) atoms. The number of amides is 6. The number of hydrogen-bond acceptors (Lipinski definition) is 8. The van der Waals surface area contributed by atoms with E-state index in [0.29, 0.717) is 24.0 Å². The molecule has 0 aromatic heterocycles. The average Bonchev–Trinajstić information content (AvgIpc) is 3.95. The third-order valence-corrected chi connectivity index (χ3v) is 11.3. The molecule has 6 atom stereocenters. The summed E-state index contributed by atoms with van der Waals surface area (Å²) >= 11 is 0. The maximum absolute atomic E-state index is 14.4. The van der Waals surface area contributed by atoms with E-state index in [1.165, 1.54) is 36.0 Å². The zero-order chi connectivity index (χ0) is 41.1. The van der Waals surface area contributed by atoms with Gasteiger partial charge in [-0.1, -0.05) is 104 Å². The van der Waals surface area contributed by atoms with Crippen molar-refractivity contribution in [1.82, 2.24) is 19.6 Å². The number of carbonyl (C=O) groups is 6. The molecule has 4 fully saturated rings. The summed E-state index contributed by atoms with van der Waals surface area (Å²) < 4.78 is 39.1. The molecule has 0 bridgehead atoms. The normalized spacial score (nSPS) is 23.7. The first kappa shape index (κ1) is 42.2. The van der Waals surface area contributed by atoms with Crippen LogP contribution in [0.15, 0.2) is 109 Å². The summed E-state index contributed by atoms with van der Waals surface area (Å²) in [5.41, 5.74) is 2.54. The Hall–Kier alpha value is -6.44. The predicted octanol–water partition coefficient (Wildman–Crippen LogP) is 6.10. The van der Waals surface area contributed by atoms with Crippen LogP contribution in [0.3, 0.4) is 0 Å². The number of nitrogens with zero attached hydrogens (tertiary/aromatic N) is 4. The molecule has 12 nitrogen and oxygen atoms in total. The van der Waals surface area contributed by atoms with Gasteiger partial charge in [0.25, 0.3) is 11.8 Å². The summed E-state index contributed by atoms with van der Waals surface area (Å²) in [7, 11) is 3.03. The molecular formula is C45H46F2N4O8. The Bertz CT molecular complexity index is 2050. The maximum Gasteiger partial charge on any atom is 0.417 e. The lowest BCUT2D eigenvalue weighted by atomic mass is 9.90. The molecule has 4 aliphatic heterocycles. The lowest BCUT2D eigenvalue weighted by Gasteiger charge is -2.29. The number of rotatable bonds is 8. The summed E-state index contributed by atoms with van der Waals surface area (Å²) in [6.07, 6.45) is -0.521. The minimum atomic E-state index is -0.955. The van der Waals surface area contributed by atoms with Gasteiger partial charge in [-0.2, -0.15) is 0 Å². The van der Waals surface area contributed by atoms with Gasteiger partial charge in [0.2, 0.25) is 11.8 Å². The number of halogens is 2. The van der Waals surface area contributed by atoms with E-state index in [1.807, 2.05) is 60.7 Å². The van der Waals surface area contributed by atoms with Gasteiger partial charge >= 0.3 is 12.2 Å². The molecular weight excluding hydrogens is 763 g/mol. The van der Waals surface area contributed by atoms with E-state index in [4.69, 9.17) is 9.47 Å². The fraction of sp³-hybridized carbons (Fsp3) is 0.333. The second-order valence-electron chi connectivity index (χ2n) is 14.8. The first-order chi connectivity index (χ1) is 27.9. The smallest absolute Gasteiger partial charge is 0.417 e. The first-order valence-corrected chi connectivity index (χ1v) is 19.0. The highest BCUT2D eigenvalue weighted by Gasteiger charge is 2.51. The van der Waals surface area contributed by atoms with Crippen molar-refractivity contribution in [1.29, 1.82) is 0 Å². The molecule has 14 heteroatoms. The summed E-state index contributed by atoms with van der Waals surface area (Å²) in [4.78, 5) is 81.1. The highest BCUT2D eigenvalue weighted by atomic mass is 19.1. The summed E-state index contributed by atoms with van der Waals surface area (Å²) in [6, 6.07) is 28.4. The Labute approximate surface area is 341 Å². The van der Waals surface area contributed by atoms with Crippen LogP contribution in [0.25, 0.3) is 0 Å². The van der Waals surface area contributed by atoms with Crippen LogP contribution in [0, 0.1) is 11.6 Å². The average molecular weight is 809 g/mol. The number of imide groups is 2. The van der Waals surface area contributed by atoms with Crippen molar-refractivity contribution < 1.29 is 47.0 Å². The van der Waals surface area contributed by atoms with Crippen molar-refractivity contribution in [3.63, 3.8) is 0 Å². The van der Waals surface area contributed by atoms with Gasteiger partial charge in [-0.25, -0.2) is 28.2 Å². The molecule has 0 N–H and O–H groups in total. The zero-order valence-corrected chi connectivity index (χ0v) is 31.9. The van der Waals surface area contributed by atoms with Gasteiger partial charge in [0.1, 0.15) is 36.9 Å². The largest absolute Gasteiger partial charge is 0.447 e. The monoisotopic (exact) mass is 808 g/mol. The van der Waals surface area contributed by atoms with E-state index in [0.717, 1.165) is 20.9 Å². The van der Waals surface area contributed by atoms with Gasteiger partial charge in [0.05, 0.1) is 12.1 Å². The summed E-state index contributed by atoms with van der Waals surface area (Å²) in [6.45, 7) is 0.183. The second kappa shape index (κ2) is 18.0. The van der Waals surface area contributed by atoms with E-state index in [-0.39, 0.29) is 45.3 Å². The van der Waals surface area contributed by atoms with Crippen molar-refractivity contribution >= 4 is 35.8 Å². The van der Waals surface area contributed by atoms with Crippen molar-refractivity contribution in [2.75, 3.05) is 27.3 Å². The molecule has 6 amide bonds. The van der Waals surface area contributed by atoms with Crippen LogP contribution >= 0.6 is 0 Å². The Balaban J connectivity index is 0.000000195. The Morgan fingerprint density at radius 1 is 0.559 bits per heavy atom. The van der Waals surface area contributed by atoms with Gasteiger partial charge in [0, 0.05) is 38.8 Å². The molecule has 308 valence electrons. The minimum absolute atomic E-state index is 0. The molecule has 0 unspecified atom stereocenters. The molecule has 0 radical (unpaired) electrons. The number of hydrogen-bond donors (Lipinski definition) is 0. The van der Waals surface area contributed by atoms with Crippen LogP contribution in [0.5, 0.6) is 0 Å². The van der Waals surface area contributed by atoms with Crippen molar-refractivity contribution in [2.45, 2.75) is 69.1 Å². The fourth-order valence-electron chi connectivity index (χ4n) is 8.34. The summed E-state index contributed by atoms with van der Waals surface area (Å²) in [5.74, 6) is -3.84. The topological polar surface area (TPSA) is 134 Å². The van der Waals surface area contributed by atoms with E-state index >= 15 is 0 Å². The number of cyclic esters (lactones) is 2. The number of benzene rings is 4.